The molecule has 5 rings (SSSR count). The van der Waals surface area contributed by atoms with Crippen LogP contribution in [-0.2, 0) is 16.9 Å². The fraction of sp³-hybridized carbons (Fsp3) is 0.273. The molecule has 1 atom stereocenters. The van der Waals surface area contributed by atoms with Crippen LogP contribution in [-0.4, -0.2) is 39.4 Å². The average molecular weight is 420 g/mol. The zero-order chi connectivity index (χ0) is 21.8. The van der Waals surface area contributed by atoms with Crippen LogP contribution in [0.5, 0.6) is 11.5 Å². The molecule has 3 amide bonds. The zero-order valence-corrected chi connectivity index (χ0v) is 17.0. The summed E-state index contributed by atoms with van der Waals surface area (Å²) in [6.07, 6.45) is 1.63. The van der Waals surface area contributed by atoms with E-state index >= 15 is 0 Å². The van der Waals surface area contributed by atoms with Crippen LogP contribution >= 0.6 is 0 Å². The molecule has 2 aliphatic rings. The van der Waals surface area contributed by atoms with Crippen molar-refractivity contribution in [2.75, 3.05) is 13.2 Å². The highest BCUT2D eigenvalue weighted by Crippen LogP contribution is 2.37. The number of hydrogen-bond donors (Lipinski definition) is 1. The highest BCUT2D eigenvalue weighted by atomic mass is 16.6. The third kappa shape index (κ3) is 3.00. The molecule has 158 valence electrons. The number of hydrogen-bond acceptors (Lipinski definition) is 6. The molecule has 1 N–H and O–H groups in total. The third-order valence-electron chi connectivity index (χ3n) is 5.65. The summed E-state index contributed by atoms with van der Waals surface area (Å²) in [6, 6.07) is 9.58. The summed E-state index contributed by atoms with van der Waals surface area (Å²) in [5.41, 5.74) is 0.695. The summed E-state index contributed by atoms with van der Waals surface area (Å²) in [4.78, 5) is 44.0. The van der Waals surface area contributed by atoms with Gasteiger partial charge in [0.25, 0.3) is 11.5 Å². The number of ether oxygens (including phenoxy) is 2. The number of pyridine rings is 1. The number of imide groups is 1. The van der Waals surface area contributed by atoms with Gasteiger partial charge in [0.1, 0.15) is 24.4 Å². The van der Waals surface area contributed by atoms with Crippen LogP contribution in [0.1, 0.15) is 23.7 Å². The van der Waals surface area contributed by atoms with Crippen molar-refractivity contribution in [2.45, 2.75) is 25.9 Å². The van der Waals surface area contributed by atoms with Crippen molar-refractivity contribution < 1.29 is 19.1 Å². The van der Waals surface area contributed by atoms with Crippen LogP contribution < -0.4 is 20.3 Å². The molecular formula is C22H20N4O5. The molecule has 4 heterocycles. The van der Waals surface area contributed by atoms with Gasteiger partial charge in [0.15, 0.2) is 11.5 Å². The van der Waals surface area contributed by atoms with E-state index in [4.69, 9.17) is 9.47 Å². The summed E-state index contributed by atoms with van der Waals surface area (Å²) in [6.45, 7) is 4.27. The lowest BCUT2D eigenvalue weighted by Gasteiger charge is -2.25. The summed E-state index contributed by atoms with van der Waals surface area (Å²) in [5, 5.41) is 2.77. The van der Waals surface area contributed by atoms with E-state index in [-0.39, 0.29) is 12.1 Å². The number of nitrogens with one attached hydrogen (secondary N) is 1. The largest absolute Gasteiger partial charge is 0.486 e. The molecule has 0 aliphatic carbocycles. The number of carbonyl (C=O) groups excluding carboxylic acids is 2. The molecule has 2 aromatic heterocycles. The SMILES string of the molecule is Cc1cccn2c(=O)cc(CN3C(=O)N[C@@](C)(c4ccc5c(c4)OCCO5)C3=O)nc12. The van der Waals surface area contributed by atoms with Gasteiger partial charge in [-0.05, 0) is 43.2 Å². The summed E-state index contributed by atoms with van der Waals surface area (Å²) >= 11 is 0. The van der Waals surface area contributed by atoms with Crippen LogP contribution in [0.25, 0.3) is 5.65 Å². The molecule has 0 bridgehead atoms. The topological polar surface area (TPSA) is 102 Å². The number of urea groups is 1. The fourth-order valence-corrected chi connectivity index (χ4v) is 3.94. The second-order valence-corrected chi connectivity index (χ2v) is 7.78. The van der Waals surface area contributed by atoms with Crippen LogP contribution in [0.3, 0.4) is 0 Å². The monoisotopic (exact) mass is 420 g/mol. The molecule has 3 aromatic rings. The number of rotatable bonds is 3. The Bertz CT molecular complexity index is 1300. The average Bonchev–Trinajstić information content (AvgIpc) is 2.98. The van der Waals surface area contributed by atoms with Gasteiger partial charge in [0.05, 0.1) is 12.2 Å². The van der Waals surface area contributed by atoms with Gasteiger partial charge >= 0.3 is 6.03 Å². The van der Waals surface area contributed by atoms with Crippen LogP contribution in [0, 0.1) is 6.92 Å². The first-order valence-corrected chi connectivity index (χ1v) is 9.89. The Morgan fingerprint density at radius 3 is 2.68 bits per heavy atom. The second kappa shape index (κ2) is 6.83. The lowest BCUT2D eigenvalue weighted by molar-refractivity contribution is -0.131. The van der Waals surface area contributed by atoms with Crippen molar-refractivity contribution >= 4 is 17.6 Å². The van der Waals surface area contributed by atoms with Crippen LogP contribution in [0.15, 0.2) is 47.4 Å². The molecular weight excluding hydrogens is 400 g/mol. The van der Waals surface area contributed by atoms with Gasteiger partial charge in [0.2, 0.25) is 0 Å². The summed E-state index contributed by atoms with van der Waals surface area (Å²) in [7, 11) is 0. The Hall–Kier alpha value is -3.88. The summed E-state index contributed by atoms with van der Waals surface area (Å²) in [5.74, 6) is 0.703. The summed E-state index contributed by atoms with van der Waals surface area (Å²) < 4.78 is 12.6. The van der Waals surface area contributed by atoms with Gasteiger partial charge in [0, 0.05) is 12.3 Å². The first kappa shape index (κ1) is 19.1. The van der Waals surface area contributed by atoms with Gasteiger partial charge in [-0.1, -0.05) is 12.1 Å². The molecule has 1 aromatic carbocycles. The van der Waals surface area contributed by atoms with Gasteiger partial charge in [-0.3, -0.25) is 18.9 Å². The molecule has 0 radical (unpaired) electrons. The third-order valence-corrected chi connectivity index (χ3v) is 5.65. The van der Waals surface area contributed by atoms with Crippen molar-refractivity contribution in [1.82, 2.24) is 19.6 Å². The predicted octanol–water partition coefficient (Wildman–Crippen LogP) is 1.74. The van der Waals surface area contributed by atoms with E-state index in [1.807, 2.05) is 13.0 Å². The first-order chi connectivity index (χ1) is 14.9. The fourth-order valence-electron chi connectivity index (χ4n) is 3.94. The maximum Gasteiger partial charge on any atom is 0.325 e. The predicted molar refractivity (Wildman–Crippen MR) is 110 cm³/mol. The minimum atomic E-state index is -1.27. The van der Waals surface area contributed by atoms with Crippen molar-refractivity contribution in [1.29, 1.82) is 0 Å². The van der Waals surface area contributed by atoms with Crippen molar-refractivity contribution in [3.63, 3.8) is 0 Å². The lowest BCUT2D eigenvalue weighted by Crippen LogP contribution is -2.41. The maximum atomic E-state index is 13.3. The Labute approximate surface area is 177 Å². The highest BCUT2D eigenvalue weighted by Gasteiger charge is 2.49. The lowest BCUT2D eigenvalue weighted by atomic mass is 9.91. The van der Waals surface area contributed by atoms with Crippen LogP contribution in [0.4, 0.5) is 4.79 Å². The Kier molecular flexibility index (Phi) is 4.21. The highest BCUT2D eigenvalue weighted by molar-refractivity contribution is 6.07. The number of fused-ring (bicyclic) bond motifs is 2. The molecule has 9 heteroatoms. The van der Waals surface area contributed by atoms with Crippen molar-refractivity contribution in [3.8, 4) is 11.5 Å². The minimum absolute atomic E-state index is 0.106. The molecule has 31 heavy (non-hydrogen) atoms. The van der Waals surface area contributed by atoms with E-state index < -0.39 is 17.5 Å². The Morgan fingerprint density at radius 2 is 1.87 bits per heavy atom. The van der Waals surface area contributed by atoms with Gasteiger partial charge in [-0.25, -0.2) is 9.78 Å². The second-order valence-electron chi connectivity index (χ2n) is 7.78. The smallest absolute Gasteiger partial charge is 0.325 e. The van der Waals surface area contributed by atoms with Crippen molar-refractivity contribution in [2.24, 2.45) is 0 Å². The molecule has 1 saturated heterocycles. The van der Waals surface area contributed by atoms with Gasteiger partial charge in [-0.15, -0.1) is 0 Å². The van der Waals surface area contributed by atoms with E-state index in [1.54, 1.807) is 37.4 Å². The van der Waals surface area contributed by atoms with E-state index in [0.29, 0.717) is 41.6 Å². The number of benzene rings is 1. The number of nitrogens with zero attached hydrogens (tertiary/aromatic N) is 3. The molecule has 0 unspecified atom stereocenters. The minimum Gasteiger partial charge on any atom is -0.486 e. The maximum absolute atomic E-state index is 13.3. The van der Waals surface area contributed by atoms with E-state index in [1.165, 1.54) is 10.5 Å². The van der Waals surface area contributed by atoms with Gasteiger partial charge in [-0.2, -0.15) is 0 Å². The van der Waals surface area contributed by atoms with Crippen LogP contribution in [0.2, 0.25) is 0 Å². The number of aryl methyl sites for hydroxylation is 1. The normalized spacial score (nSPS) is 20.3. The molecule has 2 aliphatic heterocycles. The standard InChI is InChI=1S/C22H20N4O5/c1-13-4-3-7-25-18(27)11-15(23-19(13)25)12-26-20(28)22(2,24-21(26)29)14-5-6-16-17(10-14)31-9-8-30-16/h3-7,10-11H,8-9,12H2,1-2H3,(H,24,29)/t22-/m0/s1. The first-order valence-electron chi connectivity index (χ1n) is 9.89. The number of aromatic nitrogens is 2. The number of carbonyl (C=O) groups is 2. The van der Waals surface area contributed by atoms with Gasteiger partial charge < -0.3 is 14.8 Å². The van der Waals surface area contributed by atoms with E-state index in [2.05, 4.69) is 10.3 Å². The Morgan fingerprint density at radius 1 is 1.10 bits per heavy atom. The van der Waals surface area contributed by atoms with E-state index in [9.17, 15) is 14.4 Å². The molecule has 9 nitrogen and oxygen atoms in total. The molecule has 0 spiro atoms. The molecule has 1 fully saturated rings. The zero-order valence-electron chi connectivity index (χ0n) is 17.0. The number of amides is 3. The Balaban J connectivity index is 1.48. The van der Waals surface area contributed by atoms with E-state index in [0.717, 1.165) is 10.5 Å². The quantitative estimate of drug-likeness (QED) is 0.648. The molecule has 0 saturated carbocycles. The van der Waals surface area contributed by atoms with Crippen molar-refractivity contribution in [3.05, 3.63) is 69.8 Å².